The monoisotopic (exact) mass is 132 g/mol. The molecule has 0 atom stereocenters. The third-order valence-corrected chi connectivity index (χ3v) is 0.856. The maximum Gasteiger partial charge on any atom is 0.0427 e. The molecule has 0 unspecified atom stereocenters. The highest BCUT2D eigenvalue weighted by Gasteiger charge is 2.11. The quantitative estimate of drug-likeness (QED) is 0.400. The third kappa shape index (κ3) is 6.03. The van der Waals surface area contributed by atoms with Crippen molar-refractivity contribution in [2.24, 2.45) is 0 Å². The van der Waals surface area contributed by atoms with Crippen molar-refractivity contribution in [3.05, 3.63) is 12.2 Å². The minimum Gasteiger partial charge on any atom is -0.120 e. The number of hydrogen-bond donors (Lipinski definition) is 0. The van der Waals surface area contributed by atoms with E-state index in [4.69, 9.17) is 11.6 Å². The summed E-state index contributed by atoms with van der Waals surface area (Å²) in [4.78, 5) is -0.105. The predicted molar refractivity (Wildman–Crippen MR) is 39.4 cm³/mol. The smallest absolute Gasteiger partial charge is 0.0427 e. The Morgan fingerprint density at radius 2 is 2.00 bits per heavy atom. The summed E-state index contributed by atoms with van der Waals surface area (Å²) in [5.74, 6) is 0. The van der Waals surface area contributed by atoms with E-state index >= 15 is 0 Å². The Labute approximate surface area is 56.5 Å². The van der Waals surface area contributed by atoms with Crippen molar-refractivity contribution in [1.29, 1.82) is 0 Å². The molecular weight excluding hydrogens is 120 g/mol. The van der Waals surface area contributed by atoms with Gasteiger partial charge in [0, 0.05) is 4.87 Å². The van der Waals surface area contributed by atoms with Crippen molar-refractivity contribution in [3.63, 3.8) is 0 Å². The second-order valence-electron chi connectivity index (χ2n) is 2.85. The van der Waals surface area contributed by atoms with Gasteiger partial charge in [0.25, 0.3) is 0 Å². The molecule has 0 aliphatic carbocycles. The van der Waals surface area contributed by atoms with E-state index in [0.717, 1.165) is 12.0 Å². The Hall–Kier alpha value is 0.0300. The number of allylic oxidation sites excluding steroid dienone is 1. The van der Waals surface area contributed by atoms with Crippen LogP contribution in [-0.4, -0.2) is 4.87 Å². The Bertz CT molecular complexity index is 87.1. The van der Waals surface area contributed by atoms with Gasteiger partial charge in [-0.1, -0.05) is 5.57 Å². The fraction of sp³-hybridized carbons (Fsp3) is 0.714. The Morgan fingerprint density at radius 3 is 2.00 bits per heavy atom. The fourth-order valence-electron chi connectivity index (χ4n) is 0.718. The maximum atomic E-state index is 5.87. The first-order chi connectivity index (χ1) is 3.42. The van der Waals surface area contributed by atoms with Gasteiger partial charge in [-0.15, -0.1) is 18.2 Å². The molecule has 0 saturated carbocycles. The van der Waals surface area contributed by atoms with E-state index in [-0.39, 0.29) is 4.87 Å². The van der Waals surface area contributed by atoms with Crippen molar-refractivity contribution in [2.45, 2.75) is 32.1 Å². The van der Waals surface area contributed by atoms with Gasteiger partial charge in [0.05, 0.1) is 0 Å². The van der Waals surface area contributed by atoms with Gasteiger partial charge in [-0.25, -0.2) is 0 Å². The lowest BCUT2D eigenvalue weighted by Crippen LogP contribution is -2.09. The molecule has 0 heterocycles. The molecule has 0 spiro atoms. The van der Waals surface area contributed by atoms with Gasteiger partial charge in [-0.05, 0) is 27.2 Å². The molecule has 1 heteroatoms. The van der Waals surface area contributed by atoms with Crippen molar-refractivity contribution < 1.29 is 0 Å². The Balaban J connectivity index is 3.55. The molecule has 0 nitrogen and oxygen atoms in total. The molecule has 0 aliphatic rings. The molecule has 0 radical (unpaired) electrons. The van der Waals surface area contributed by atoms with Crippen LogP contribution in [0.25, 0.3) is 0 Å². The molecule has 0 saturated heterocycles. The van der Waals surface area contributed by atoms with Crippen LogP contribution in [0.2, 0.25) is 0 Å². The molecule has 0 amide bonds. The summed E-state index contributed by atoms with van der Waals surface area (Å²) < 4.78 is 0. The molecule has 0 aliphatic heterocycles. The summed E-state index contributed by atoms with van der Waals surface area (Å²) >= 11 is 5.87. The van der Waals surface area contributed by atoms with Gasteiger partial charge in [0.1, 0.15) is 0 Å². The van der Waals surface area contributed by atoms with Crippen molar-refractivity contribution in [1.82, 2.24) is 0 Å². The largest absolute Gasteiger partial charge is 0.120 e. The van der Waals surface area contributed by atoms with E-state index in [1.54, 1.807) is 0 Å². The molecular formula is C7H13Cl. The second-order valence-corrected chi connectivity index (χ2v) is 3.88. The van der Waals surface area contributed by atoms with E-state index in [1.165, 1.54) is 0 Å². The summed E-state index contributed by atoms with van der Waals surface area (Å²) in [7, 11) is 0. The van der Waals surface area contributed by atoms with Crippen LogP contribution in [0.4, 0.5) is 0 Å². The predicted octanol–water partition coefficient (Wildman–Crippen LogP) is 2.97. The van der Waals surface area contributed by atoms with Crippen LogP contribution in [0, 0.1) is 0 Å². The molecule has 0 fully saturated rings. The average molecular weight is 133 g/mol. The van der Waals surface area contributed by atoms with E-state index in [0.29, 0.717) is 0 Å². The molecule has 48 valence electrons. The van der Waals surface area contributed by atoms with Gasteiger partial charge < -0.3 is 0 Å². The van der Waals surface area contributed by atoms with Gasteiger partial charge in [0.15, 0.2) is 0 Å². The molecule has 0 rings (SSSR count). The Morgan fingerprint density at radius 1 is 1.62 bits per heavy atom. The normalized spacial score (nSPS) is 11.5. The zero-order valence-electron chi connectivity index (χ0n) is 5.79. The maximum absolute atomic E-state index is 5.87. The summed E-state index contributed by atoms with van der Waals surface area (Å²) in [5, 5.41) is 0. The summed E-state index contributed by atoms with van der Waals surface area (Å²) in [6.07, 6.45) is 0.897. The zero-order chi connectivity index (χ0) is 6.78. The van der Waals surface area contributed by atoms with E-state index in [2.05, 4.69) is 6.58 Å². The number of alkyl halides is 1. The van der Waals surface area contributed by atoms with Crippen LogP contribution < -0.4 is 0 Å². The van der Waals surface area contributed by atoms with Crippen molar-refractivity contribution >= 4 is 11.6 Å². The summed E-state index contributed by atoms with van der Waals surface area (Å²) in [6.45, 7) is 9.72. The van der Waals surface area contributed by atoms with Crippen LogP contribution >= 0.6 is 11.6 Å². The first-order valence-corrected chi connectivity index (χ1v) is 3.13. The van der Waals surface area contributed by atoms with Crippen molar-refractivity contribution in [2.75, 3.05) is 0 Å². The van der Waals surface area contributed by atoms with E-state index in [1.807, 2.05) is 20.8 Å². The molecule has 0 aromatic rings. The lowest BCUT2D eigenvalue weighted by Gasteiger charge is -2.14. The fourth-order valence-corrected chi connectivity index (χ4v) is 0.946. The number of halogens is 1. The highest BCUT2D eigenvalue weighted by Crippen LogP contribution is 2.20. The van der Waals surface area contributed by atoms with Gasteiger partial charge in [-0.3, -0.25) is 0 Å². The van der Waals surface area contributed by atoms with E-state index in [9.17, 15) is 0 Å². The molecule has 0 bridgehead atoms. The standard InChI is InChI=1S/C7H13Cl/c1-6(2)5-7(3,4)8/h1,5H2,2-4H3. The highest BCUT2D eigenvalue weighted by molar-refractivity contribution is 6.23. The van der Waals surface area contributed by atoms with Crippen LogP contribution in [0.1, 0.15) is 27.2 Å². The third-order valence-electron chi connectivity index (χ3n) is 0.722. The van der Waals surface area contributed by atoms with Crippen LogP contribution in [0.3, 0.4) is 0 Å². The molecule has 8 heavy (non-hydrogen) atoms. The minimum absolute atomic E-state index is 0.105. The summed E-state index contributed by atoms with van der Waals surface area (Å²) in [6, 6.07) is 0. The number of rotatable bonds is 2. The first-order valence-electron chi connectivity index (χ1n) is 2.75. The molecule has 0 N–H and O–H groups in total. The molecule has 0 aromatic carbocycles. The topological polar surface area (TPSA) is 0 Å². The number of hydrogen-bond acceptors (Lipinski definition) is 0. The van der Waals surface area contributed by atoms with Crippen molar-refractivity contribution in [3.8, 4) is 0 Å². The van der Waals surface area contributed by atoms with Gasteiger partial charge >= 0.3 is 0 Å². The zero-order valence-corrected chi connectivity index (χ0v) is 6.55. The van der Waals surface area contributed by atoms with Gasteiger partial charge in [0.2, 0.25) is 0 Å². The van der Waals surface area contributed by atoms with Crippen LogP contribution in [0.5, 0.6) is 0 Å². The van der Waals surface area contributed by atoms with Crippen LogP contribution in [0.15, 0.2) is 12.2 Å². The Kier molecular flexibility index (Phi) is 2.55. The van der Waals surface area contributed by atoms with Gasteiger partial charge in [-0.2, -0.15) is 0 Å². The summed E-state index contributed by atoms with van der Waals surface area (Å²) in [5.41, 5.74) is 1.14. The lowest BCUT2D eigenvalue weighted by atomic mass is 10.1. The van der Waals surface area contributed by atoms with Crippen LogP contribution in [-0.2, 0) is 0 Å². The first kappa shape index (κ1) is 8.03. The highest BCUT2D eigenvalue weighted by atomic mass is 35.5. The molecule has 0 aromatic heterocycles. The lowest BCUT2D eigenvalue weighted by molar-refractivity contribution is 0.689. The minimum atomic E-state index is -0.105. The van der Waals surface area contributed by atoms with E-state index < -0.39 is 0 Å². The second kappa shape index (κ2) is 2.54. The average Bonchev–Trinajstić information content (AvgIpc) is 1.21. The SMILES string of the molecule is C=C(C)CC(C)(C)Cl.